The number of phenols is 1. The highest BCUT2D eigenvalue weighted by Crippen LogP contribution is 2.13. The fourth-order valence-corrected chi connectivity index (χ4v) is 2.51. The molecule has 2 aromatic rings. The van der Waals surface area contributed by atoms with Gasteiger partial charge in [-0.2, -0.15) is 4.98 Å². The fraction of sp³-hybridized carbons (Fsp3) is 0.389. The van der Waals surface area contributed by atoms with Crippen LogP contribution in [0, 0.1) is 0 Å². The topological polar surface area (TPSA) is 207 Å². The normalized spacial score (nSPS) is 12.7. The Bertz CT molecular complexity index is 868. The van der Waals surface area contributed by atoms with E-state index in [9.17, 15) is 24.6 Å². The van der Waals surface area contributed by atoms with Crippen molar-refractivity contribution in [3.63, 3.8) is 0 Å². The maximum absolute atomic E-state index is 12.0. The van der Waals surface area contributed by atoms with Crippen molar-refractivity contribution in [1.29, 1.82) is 0 Å². The summed E-state index contributed by atoms with van der Waals surface area (Å²) >= 11 is 0. The van der Waals surface area contributed by atoms with Crippen LogP contribution in [-0.2, 0) is 22.6 Å². The molecule has 8 N–H and O–H groups in total. The number of nitrogens with zero attached hydrogens (tertiary/aromatic N) is 2. The zero-order valence-corrected chi connectivity index (χ0v) is 16.1. The number of nitrogens with one attached hydrogen (secondary N) is 2. The molecule has 0 spiro atoms. The van der Waals surface area contributed by atoms with E-state index in [2.05, 4.69) is 20.8 Å². The van der Waals surface area contributed by atoms with E-state index in [0.29, 0.717) is 6.42 Å². The number of aryl methyl sites for hydroxylation is 1. The van der Waals surface area contributed by atoms with Crippen LogP contribution in [-0.4, -0.2) is 44.3 Å². The number of primary amides is 1. The number of aliphatic carboxylic acids is 1. The molecule has 1 heterocycles. The number of hydrogen-bond acceptors (Lipinski definition) is 8. The summed E-state index contributed by atoms with van der Waals surface area (Å²) in [5.74, 6) is -1.31. The smallest absolute Gasteiger partial charge is 0.326 e. The van der Waals surface area contributed by atoms with E-state index in [-0.39, 0.29) is 43.3 Å². The Balaban J connectivity index is 1.80. The monoisotopic (exact) mass is 420 g/mol. The molecule has 30 heavy (non-hydrogen) atoms. The number of carboxylic acid groups (broad SMARTS) is 1. The molecular formula is C18H24N6O6. The Hall–Kier alpha value is -3.67. The number of carbonyl (C=O) groups is 3. The van der Waals surface area contributed by atoms with Gasteiger partial charge in [0.25, 0.3) is 0 Å². The highest BCUT2D eigenvalue weighted by atomic mass is 16.5. The van der Waals surface area contributed by atoms with Crippen LogP contribution in [0.15, 0.2) is 28.8 Å². The second kappa shape index (κ2) is 10.8. The summed E-state index contributed by atoms with van der Waals surface area (Å²) in [4.78, 5) is 38.2. The minimum Gasteiger partial charge on any atom is -0.508 e. The largest absolute Gasteiger partial charge is 0.508 e. The summed E-state index contributed by atoms with van der Waals surface area (Å²) in [6.45, 7) is -0.133. The lowest BCUT2D eigenvalue weighted by molar-refractivity contribution is -0.139. The van der Waals surface area contributed by atoms with Gasteiger partial charge in [0.15, 0.2) is 5.82 Å². The van der Waals surface area contributed by atoms with Gasteiger partial charge in [0.05, 0.1) is 12.6 Å². The molecule has 12 nitrogen and oxygen atoms in total. The maximum atomic E-state index is 12.0. The highest BCUT2D eigenvalue weighted by Gasteiger charge is 2.20. The van der Waals surface area contributed by atoms with E-state index < -0.39 is 30.0 Å². The van der Waals surface area contributed by atoms with Crippen LogP contribution in [0.5, 0.6) is 5.75 Å². The summed E-state index contributed by atoms with van der Waals surface area (Å²) in [6.07, 6.45) is 0.886. The van der Waals surface area contributed by atoms with Crippen molar-refractivity contribution in [3.8, 4) is 5.75 Å². The lowest BCUT2D eigenvalue weighted by Crippen LogP contribution is -2.46. The van der Waals surface area contributed by atoms with Gasteiger partial charge in [-0.25, -0.2) is 9.59 Å². The summed E-state index contributed by atoms with van der Waals surface area (Å²) in [5, 5.41) is 27.1. The van der Waals surface area contributed by atoms with Gasteiger partial charge in [0, 0.05) is 6.42 Å². The number of rotatable bonds is 11. The number of nitrogens with two attached hydrogens (primary N) is 2. The van der Waals surface area contributed by atoms with Crippen molar-refractivity contribution < 1.29 is 29.1 Å². The molecule has 0 saturated heterocycles. The zero-order valence-electron chi connectivity index (χ0n) is 16.1. The van der Waals surface area contributed by atoms with Crippen LogP contribution in [0.2, 0.25) is 0 Å². The predicted molar refractivity (Wildman–Crippen MR) is 103 cm³/mol. The fourth-order valence-electron chi connectivity index (χ4n) is 2.51. The summed E-state index contributed by atoms with van der Waals surface area (Å²) in [7, 11) is 0. The molecule has 162 valence electrons. The van der Waals surface area contributed by atoms with Crippen molar-refractivity contribution >= 4 is 17.9 Å². The molecule has 2 rings (SSSR count). The number of aromatic nitrogens is 2. The van der Waals surface area contributed by atoms with E-state index >= 15 is 0 Å². The van der Waals surface area contributed by atoms with E-state index in [1.807, 2.05) is 0 Å². The predicted octanol–water partition coefficient (Wildman–Crippen LogP) is -0.0743. The molecule has 1 aromatic carbocycles. The van der Waals surface area contributed by atoms with E-state index in [1.54, 1.807) is 12.1 Å². The van der Waals surface area contributed by atoms with Crippen LogP contribution in [0.1, 0.15) is 42.6 Å². The SMILES string of the molecule is NC(=O)CCC(N)c1noc(CNC(=O)N[C@@H](CCc2ccc(O)cc2)C(=O)O)n1. The van der Waals surface area contributed by atoms with Crippen LogP contribution in [0.4, 0.5) is 4.79 Å². The van der Waals surface area contributed by atoms with Gasteiger partial charge in [0.1, 0.15) is 11.8 Å². The third kappa shape index (κ3) is 7.39. The molecule has 0 bridgehead atoms. The van der Waals surface area contributed by atoms with Gasteiger partial charge in [-0.3, -0.25) is 4.79 Å². The molecule has 1 aromatic heterocycles. The van der Waals surface area contributed by atoms with E-state index in [0.717, 1.165) is 5.56 Å². The molecule has 0 fully saturated rings. The first kappa shape index (κ1) is 22.6. The second-order valence-corrected chi connectivity index (χ2v) is 6.58. The number of carboxylic acids is 1. The van der Waals surface area contributed by atoms with Crippen molar-refractivity contribution in [1.82, 2.24) is 20.8 Å². The number of urea groups is 1. The Kier molecular flexibility index (Phi) is 8.11. The van der Waals surface area contributed by atoms with Crippen LogP contribution in [0.3, 0.4) is 0 Å². The van der Waals surface area contributed by atoms with Crippen LogP contribution < -0.4 is 22.1 Å². The van der Waals surface area contributed by atoms with Gasteiger partial charge < -0.3 is 36.8 Å². The maximum Gasteiger partial charge on any atom is 0.326 e. The minimum atomic E-state index is -1.18. The van der Waals surface area contributed by atoms with Gasteiger partial charge in [-0.05, 0) is 37.0 Å². The first-order valence-electron chi connectivity index (χ1n) is 9.16. The summed E-state index contributed by atoms with van der Waals surface area (Å²) in [6, 6.07) is 3.89. The minimum absolute atomic E-state index is 0.0747. The summed E-state index contributed by atoms with van der Waals surface area (Å²) in [5.41, 5.74) is 11.7. The lowest BCUT2D eigenvalue weighted by Gasteiger charge is -2.14. The first-order valence-corrected chi connectivity index (χ1v) is 9.16. The van der Waals surface area contributed by atoms with Gasteiger partial charge >= 0.3 is 12.0 Å². The van der Waals surface area contributed by atoms with E-state index in [1.165, 1.54) is 12.1 Å². The lowest BCUT2D eigenvalue weighted by atomic mass is 10.1. The second-order valence-electron chi connectivity index (χ2n) is 6.58. The van der Waals surface area contributed by atoms with Gasteiger partial charge in [-0.1, -0.05) is 17.3 Å². The number of hydrogen-bond donors (Lipinski definition) is 6. The number of carbonyl (C=O) groups excluding carboxylic acids is 2. The van der Waals surface area contributed by atoms with Crippen LogP contribution in [0.25, 0.3) is 0 Å². The summed E-state index contributed by atoms with van der Waals surface area (Å²) < 4.78 is 4.97. The van der Waals surface area contributed by atoms with Crippen molar-refractivity contribution in [2.75, 3.05) is 0 Å². The Morgan fingerprint density at radius 2 is 1.87 bits per heavy atom. The van der Waals surface area contributed by atoms with Crippen molar-refractivity contribution in [2.45, 2.75) is 44.3 Å². The molecule has 12 heteroatoms. The quantitative estimate of drug-likeness (QED) is 0.287. The molecule has 0 aliphatic rings. The average molecular weight is 420 g/mol. The molecule has 0 saturated carbocycles. The molecule has 0 radical (unpaired) electrons. The average Bonchev–Trinajstić information content (AvgIpc) is 3.18. The van der Waals surface area contributed by atoms with Crippen molar-refractivity contribution in [3.05, 3.63) is 41.5 Å². The Morgan fingerprint density at radius 1 is 1.17 bits per heavy atom. The van der Waals surface area contributed by atoms with Crippen molar-refractivity contribution in [2.24, 2.45) is 11.5 Å². The van der Waals surface area contributed by atoms with E-state index in [4.69, 9.17) is 16.0 Å². The Labute approximate surface area is 171 Å². The third-order valence-electron chi connectivity index (χ3n) is 4.18. The molecule has 0 aliphatic carbocycles. The number of benzene rings is 1. The number of amides is 3. The van der Waals surface area contributed by atoms with Gasteiger partial charge in [-0.15, -0.1) is 0 Å². The molecular weight excluding hydrogens is 396 g/mol. The number of phenolic OH excluding ortho intramolecular Hbond substituents is 1. The van der Waals surface area contributed by atoms with Crippen LogP contribution >= 0.6 is 0 Å². The molecule has 0 aliphatic heterocycles. The highest BCUT2D eigenvalue weighted by molar-refractivity contribution is 5.82. The number of aromatic hydroxyl groups is 1. The zero-order chi connectivity index (χ0) is 22.1. The first-order chi connectivity index (χ1) is 14.2. The molecule has 1 unspecified atom stereocenters. The van der Waals surface area contributed by atoms with Gasteiger partial charge in [0.2, 0.25) is 11.8 Å². The Morgan fingerprint density at radius 3 is 2.50 bits per heavy atom. The standard InChI is InChI=1S/C18H24N6O6/c19-12(6-8-14(20)26)16-23-15(30-24-16)9-21-18(29)22-13(17(27)28)7-3-10-1-4-11(25)5-2-10/h1-2,4-5,12-13,25H,3,6-9,19H2,(H2,20,26)(H,27,28)(H2,21,22,29)/t12?,13-/m0/s1. The third-order valence-corrected chi connectivity index (χ3v) is 4.18. The molecule has 2 atom stereocenters. The molecule has 3 amide bonds.